The fourth-order valence-electron chi connectivity index (χ4n) is 1.15. The maximum atomic E-state index is 11.4. The number of ether oxygens (including phenoxy) is 1. The van der Waals surface area contributed by atoms with E-state index in [2.05, 4.69) is 10.6 Å². The average molecular weight is 237 g/mol. The van der Waals surface area contributed by atoms with Gasteiger partial charge in [-0.2, -0.15) is 0 Å². The zero-order valence-corrected chi connectivity index (χ0v) is 9.53. The predicted octanol–water partition coefficient (Wildman–Crippen LogP) is -0.291. The fraction of sp³-hybridized carbons (Fsp3) is 0.273. The van der Waals surface area contributed by atoms with Crippen LogP contribution >= 0.6 is 0 Å². The third-order valence-electron chi connectivity index (χ3n) is 1.96. The molecule has 0 aliphatic rings. The maximum Gasteiger partial charge on any atom is 0.313 e. The Hall–Kier alpha value is -2.08. The summed E-state index contributed by atoms with van der Waals surface area (Å²) in [6.07, 6.45) is 0. The second kappa shape index (κ2) is 6.49. The van der Waals surface area contributed by atoms with Crippen molar-refractivity contribution in [2.24, 2.45) is 5.73 Å². The van der Waals surface area contributed by atoms with E-state index in [0.29, 0.717) is 11.4 Å². The number of anilines is 1. The van der Waals surface area contributed by atoms with Crippen LogP contribution in [0, 0.1) is 0 Å². The number of nitrogens with two attached hydrogens (primary N) is 1. The van der Waals surface area contributed by atoms with Crippen LogP contribution in [0.4, 0.5) is 5.69 Å². The largest absolute Gasteiger partial charge is 0.497 e. The zero-order valence-electron chi connectivity index (χ0n) is 9.53. The molecule has 0 heterocycles. The van der Waals surface area contributed by atoms with Crippen LogP contribution in [0.5, 0.6) is 5.75 Å². The summed E-state index contributed by atoms with van der Waals surface area (Å²) in [6.45, 7) is 0.558. The first-order valence-corrected chi connectivity index (χ1v) is 5.10. The van der Waals surface area contributed by atoms with E-state index in [4.69, 9.17) is 10.5 Å². The summed E-state index contributed by atoms with van der Waals surface area (Å²) in [5.41, 5.74) is 5.70. The number of amides is 2. The third-order valence-corrected chi connectivity index (χ3v) is 1.96. The van der Waals surface area contributed by atoms with Crippen molar-refractivity contribution in [2.45, 2.75) is 0 Å². The number of nitrogens with one attached hydrogen (secondary N) is 2. The maximum absolute atomic E-state index is 11.4. The van der Waals surface area contributed by atoms with Gasteiger partial charge in [0, 0.05) is 24.8 Å². The highest BCUT2D eigenvalue weighted by Gasteiger charge is 2.12. The summed E-state index contributed by atoms with van der Waals surface area (Å²) >= 11 is 0. The van der Waals surface area contributed by atoms with E-state index in [9.17, 15) is 9.59 Å². The summed E-state index contributed by atoms with van der Waals surface area (Å²) in [4.78, 5) is 22.7. The van der Waals surface area contributed by atoms with Crippen LogP contribution in [0.3, 0.4) is 0 Å². The molecular formula is C11H15N3O3. The lowest BCUT2D eigenvalue weighted by Crippen LogP contribution is -2.37. The molecule has 0 aromatic heterocycles. The number of methoxy groups -OCH3 is 1. The summed E-state index contributed by atoms with van der Waals surface area (Å²) in [7, 11) is 1.52. The van der Waals surface area contributed by atoms with Crippen molar-refractivity contribution >= 4 is 17.5 Å². The summed E-state index contributed by atoms with van der Waals surface area (Å²) in [5.74, 6) is -0.838. The van der Waals surface area contributed by atoms with Crippen LogP contribution in [0.1, 0.15) is 0 Å². The van der Waals surface area contributed by atoms with Gasteiger partial charge in [0.2, 0.25) is 0 Å². The molecule has 0 spiro atoms. The second-order valence-corrected chi connectivity index (χ2v) is 3.23. The number of rotatable bonds is 4. The first kappa shape index (κ1) is 13.0. The van der Waals surface area contributed by atoms with Gasteiger partial charge in [-0.1, -0.05) is 6.07 Å². The molecule has 0 saturated carbocycles. The molecule has 6 nitrogen and oxygen atoms in total. The van der Waals surface area contributed by atoms with Gasteiger partial charge in [-0.05, 0) is 12.1 Å². The molecule has 0 bridgehead atoms. The van der Waals surface area contributed by atoms with E-state index in [0.717, 1.165) is 0 Å². The van der Waals surface area contributed by atoms with Gasteiger partial charge in [-0.25, -0.2) is 0 Å². The lowest BCUT2D eigenvalue weighted by Gasteiger charge is -2.06. The molecule has 0 fully saturated rings. The highest BCUT2D eigenvalue weighted by Crippen LogP contribution is 2.16. The van der Waals surface area contributed by atoms with Gasteiger partial charge in [0.25, 0.3) is 0 Å². The van der Waals surface area contributed by atoms with Gasteiger partial charge in [0.15, 0.2) is 0 Å². The molecule has 0 saturated heterocycles. The Balaban J connectivity index is 2.58. The SMILES string of the molecule is COc1cccc(NC(=O)C(=O)NCCN)c1. The molecule has 1 rings (SSSR count). The summed E-state index contributed by atoms with van der Waals surface area (Å²) in [5, 5.41) is 4.83. The van der Waals surface area contributed by atoms with Gasteiger partial charge in [0.05, 0.1) is 7.11 Å². The second-order valence-electron chi connectivity index (χ2n) is 3.23. The number of carbonyl (C=O) groups excluding carboxylic acids is 2. The van der Waals surface area contributed by atoms with E-state index >= 15 is 0 Å². The van der Waals surface area contributed by atoms with Crippen molar-refractivity contribution in [1.29, 1.82) is 0 Å². The van der Waals surface area contributed by atoms with Gasteiger partial charge in [0.1, 0.15) is 5.75 Å². The van der Waals surface area contributed by atoms with Crippen LogP contribution in [0.25, 0.3) is 0 Å². The fourth-order valence-corrected chi connectivity index (χ4v) is 1.15. The summed E-state index contributed by atoms with van der Waals surface area (Å²) < 4.78 is 4.99. The molecule has 0 atom stereocenters. The van der Waals surface area contributed by atoms with Crippen LogP contribution in [0.15, 0.2) is 24.3 Å². The smallest absolute Gasteiger partial charge is 0.313 e. The average Bonchev–Trinajstić information content (AvgIpc) is 2.36. The molecular weight excluding hydrogens is 222 g/mol. The molecule has 0 unspecified atom stereocenters. The van der Waals surface area contributed by atoms with Crippen LogP contribution in [-0.2, 0) is 9.59 Å². The monoisotopic (exact) mass is 237 g/mol. The van der Waals surface area contributed by atoms with E-state index in [1.54, 1.807) is 24.3 Å². The highest BCUT2D eigenvalue weighted by atomic mass is 16.5. The predicted molar refractivity (Wildman–Crippen MR) is 63.7 cm³/mol. The number of hydrogen-bond donors (Lipinski definition) is 3. The lowest BCUT2D eigenvalue weighted by atomic mass is 10.3. The standard InChI is InChI=1S/C11H15N3O3/c1-17-9-4-2-3-8(7-9)14-11(16)10(15)13-6-5-12/h2-4,7H,5-6,12H2,1H3,(H,13,15)(H,14,16). The molecule has 1 aromatic carbocycles. The minimum absolute atomic E-state index is 0.268. The minimum Gasteiger partial charge on any atom is -0.497 e. The van der Waals surface area contributed by atoms with Gasteiger partial charge >= 0.3 is 11.8 Å². The van der Waals surface area contributed by atoms with Gasteiger partial charge < -0.3 is 21.1 Å². The Bertz CT molecular complexity index is 407. The Morgan fingerprint density at radius 2 is 2.12 bits per heavy atom. The quantitative estimate of drug-likeness (QED) is 0.627. The van der Waals surface area contributed by atoms with Gasteiger partial charge in [-0.15, -0.1) is 0 Å². The zero-order chi connectivity index (χ0) is 12.7. The molecule has 0 aliphatic heterocycles. The molecule has 17 heavy (non-hydrogen) atoms. The Kier molecular flexibility index (Phi) is 4.96. The van der Waals surface area contributed by atoms with Crippen molar-refractivity contribution in [2.75, 3.05) is 25.5 Å². The molecule has 0 aliphatic carbocycles. The van der Waals surface area contributed by atoms with Crippen molar-refractivity contribution in [1.82, 2.24) is 5.32 Å². The minimum atomic E-state index is -0.730. The summed E-state index contributed by atoms with van der Waals surface area (Å²) in [6, 6.07) is 6.74. The van der Waals surface area contributed by atoms with Crippen molar-refractivity contribution in [3.8, 4) is 5.75 Å². The lowest BCUT2D eigenvalue weighted by molar-refractivity contribution is -0.136. The van der Waals surface area contributed by atoms with Gasteiger partial charge in [-0.3, -0.25) is 9.59 Å². The molecule has 2 amide bonds. The molecule has 1 aromatic rings. The number of carbonyl (C=O) groups is 2. The number of benzene rings is 1. The Morgan fingerprint density at radius 1 is 1.35 bits per heavy atom. The first-order chi connectivity index (χ1) is 8.17. The van der Waals surface area contributed by atoms with Crippen molar-refractivity contribution in [3.05, 3.63) is 24.3 Å². The first-order valence-electron chi connectivity index (χ1n) is 5.10. The molecule has 0 radical (unpaired) electrons. The van der Waals surface area contributed by atoms with Crippen LogP contribution in [0.2, 0.25) is 0 Å². The molecule has 6 heteroatoms. The van der Waals surface area contributed by atoms with Crippen LogP contribution in [-0.4, -0.2) is 32.0 Å². The Morgan fingerprint density at radius 3 is 2.76 bits per heavy atom. The van der Waals surface area contributed by atoms with E-state index in [1.165, 1.54) is 7.11 Å². The Labute approximate surface area is 99.1 Å². The van der Waals surface area contributed by atoms with Crippen molar-refractivity contribution < 1.29 is 14.3 Å². The van der Waals surface area contributed by atoms with E-state index in [1.807, 2.05) is 0 Å². The normalized spacial score (nSPS) is 9.53. The van der Waals surface area contributed by atoms with E-state index < -0.39 is 11.8 Å². The molecule has 92 valence electrons. The highest BCUT2D eigenvalue weighted by molar-refractivity contribution is 6.39. The third kappa shape index (κ3) is 4.12. The van der Waals surface area contributed by atoms with Crippen LogP contribution < -0.4 is 21.1 Å². The van der Waals surface area contributed by atoms with Crippen molar-refractivity contribution in [3.63, 3.8) is 0 Å². The number of hydrogen-bond acceptors (Lipinski definition) is 4. The van der Waals surface area contributed by atoms with E-state index in [-0.39, 0.29) is 13.1 Å². The molecule has 4 N–H and O–H groups in total. The topological polar surface area (TPSA) is 93.4 Å².